The first-order valence-electron chi connectivity index (χ1n) is 6.42. The van der Waals surface area contributed by atoms with E-state index in [1.165, 1.54) is 0 Å². The molecule has 106 valence electrons. The summed E-state index contributed by atoms with van der Waals surface area (Å²) in [5.41, 5.74) is 8.16. The van der Waals surface area contributed by atoms with Gasteiger partial charge in [-0.15, -0.1) is 0 Å². The topological polar surface area (TPSA) is 35.2 Å². The minimum atomic E-state index is -0.234. The second-order valence-electron chi connectivity index (χ2n) is 4.83. The lowest BCUT2D eigenvalue weighted by Gasteiger charge is -2.25. The van der Waals surface area contributed by atoms with Gasteiger partial charge in [-0.05, 0) is 37.6 Å². The molecular formula is C16H17BrClNO. The number of hydrogen-bond acceptors (Lipinski definition) is 2. The van der Waals surface area contributed by atoms with E-state index >= 15 is 0 Å². The third-order valence-corrected chi connectivity index (χ3v) is 4.05. The first-order valence-corrected chi connectivity index (χ1v) is 7.59. The molecule has 0 aromatic heterocycles. The quantitative estimate of drug-likeness (QED) is 0.849. The highest BCUT2D eigenvalue weighted by atomic mass is 79.9. The van der Waals surface area contributed by atoms with Crippen molar-refractivity contribution in [2.24, 2.45) is 5.73 Å². The Morgan fingerprint density at radius 1 is 1.20 bits per heavy atom. The number of hydrogen-bond donors (Lipinski definition) is 1. The number of nitrogens with two attached hydrogens (primary N) is 1. The van der Waals surface area contributed by atoms with E-state index in [4.69, 9.17) is 22.1 Å². The van der Waals surface area contributed by atoms with Crippen molar-refractivity contribution in [3.63, 3.8) is 0 Å². The van der Waals surface area contributed by atoms with Crippen LogP contribution < -0.4 is 10.5 Å². The molecule has 0 radical (unpaired) electrons. The third kappa shape index (κ3) is 3.54. The van der Waals surface area contributed by atoms with Crippen LogP contribution in [-0.4, -0.2) is 6.04 Å². The average molecular weight is 355 g/mol. The Morgan fingerprint density at radius 3 is 2.55 bits per heavy atom. The number of ether oxygens (including phenoxy) is 1. The number of halogens is 2. The third-order valence-electron chi connectivity index (χ3n) is 3.09. The van der Waals surface area contributed by atoms with Crippen LogP contribution in [0.3, 0.4) is 0 Å². The van der Waals surface area contributed by atoms with Crippen LogP contribution in [0.5, 0.6) is 5.75 Å². The fraction of sp³-hybridized carbons (Fsp3) is 0.250. The first-order chi connectivity index (χ1) is 9.49. The molecule has 0 spiro atoms. The Morgan fingerprint density at radius 2 is 1.90 bits per heavy atom. The van der Waals surface area contributed by atoms with Gasteiger partial charge in [0, 0.05) is 21.1 Å². The van der Waals surface area contributed by atoms with Gasteiger partial charge in [-0.25, -0.2) is 0 Å². The van der Waals surface area contributed by atoms with Gasteiger partial charge in [-0.1, -0.05) is 51.8 Å². The van der Waals surface area contributed by atoms with E-state index in [0.29, 0.717) is 5.02 Å². The maximum Gasteiger partial charge on any atom is 0.140 e. The zero-order valence-corrected chi connectivity index (χ0v) is 13.8. The van der Waals surface area contributed by atoms with Crippen LogP contribution in [0.25, 0.3) is 0 Å². The Kier molecular flexibility index (Phi) is 5.08. The van der Waals surface area contributed by atoms with Crippen LogP contribution in [0.1, 0.15) is 24.2 Å². The van der Waals surface area contributed by atoms with Gasteiger partial charge in [-0.2, -0.15) is 0 Å². The van der Waals surface area contributed by atoms with E-state index < -0.39 is 0 Å². The van der Waals surface area contributed by atoms with Crippen LogP contribution in [0.15, 0.2) is 46.9 Å². The van der Waals surface area contributed by atoms with Crippen molar-refractivity contribution in [1.82, 2.24) is 0 Å². The summed E-state index contributed by atoms with van der Waals surface area (Å²) in [7, 11) is 0. The molecule has 0 aliphatic heterocycles. The maximum absolute atomic E-state index is 6.11. The molecular weight excluding hydrogens is 338 g/mol. The highest BCUT2D eigenvalue weighted by molar-refractivity contribution is 9.10. The molecule has 2 aromatic carbocycles. The maximum atomic E-state index is 6.11. The molecule has 2 nitrogen and oxygen atoms in total. The minimum absolute atomic E-state index is 0.146. The van der Waals surface area contributed by atoms with E-state index in [0.717, 1.165) is 21.3 Å². The fourth-order valence-electron chi connectivity index (χ4n) is 2.00. The zero-order chi connectivity index (χ0) is 14.7. The molecule has 4 heteroatoms. The predicted molar refractivity (Wildman–Crippen MR) is 87.3 cm³/mol. The molecule has 20 heavy (non-hydrogen) atoms. The first kappa shape index (κ1) is 15.4. The van der Waals surface area contributed by atoms with Crippen molar-refractivity contribution in [3.8, 4) is 5.75 Å². The summed E-state index contributed by atoms with van der Waals surface area (Å²) in [6.45, 7) is 3.92. The SMILES string of the molecule is Cc1ccc(Cl)cc1OC(c1ccccc1Br)C(C)N. The molecule has 2 unspecified atom stereocenters. The van der Waals surface area contributed by atoms with Gasteiger partial charge < -0.3 is 10.5 Å². The molecule has 2 rings (SSSR count). The van der Waals surface area contributed by atoms with E-state index in [2.05, 4.69) is 15.9 Å². The van der Waals surface area contributed by atoms with Gasteiger partial charge in [-0.3, -0.25) is 0 Å². The van der Waals surface area contributed by atoms with Crippen molar-refractivity contribution in [2.45, 2.75) is 26.0 Å². The smallest absolute Gasteiger partial charge is 0.140 e. The normalized spacial score (nSPS) is 13.8. The molecule has 0 saturated carbocycles. The van der Waals surface area contributed by atoms with E-state index in [-0.39, 0.29) is 12.1 Å². The molecule has 0 amide bonds. The number of benzene rings is 2. The van der Waals surface area contributed by atoms with Gasteiger partial charge in [0.15, 0.2) is 0 Å². The Hall–Kier alpha value is -1.03. The summed E-state index contributed by atoms with van der Waals surface area (Å²) in [4.78, 5) is 0. The van der Waals surface area contributed by atoms with Gasteiger partial charge in [0.25, 0.3) is 0 Å². The van der Waals surface area contributed by atoms with Crippen LogP contribution in [0, 0.1) is 6.92 Å². The van der Waals surface area contributed by atoms with Gasteiger partial charge >= 0.3 is 0 Å². The molecule has 0 aliphatic carbocycles. The van der Waals surface area contributed by atoms with Crippen LogP contribution in [0.2, 0.25) is 5.02 Å². The van der Waals surface area contributed by atoms with Crippen molar-refractivity contribution >= 4 is 27.5 Å². The van der Waals surface area contributed by atoms with Crippen molar-refractivity contribution in [3.05, 3.63) is 63.1 Å². The van der Waals surface area contributed by atoms with Gasteiger partial charge in [0.2, 0.25) is 0 Å². The fourth-order valence-corrected chi connectivity index (χ4v) is 2.67. The van der Waals surface area contributed by atoms with E-state index in [9.17, 15) is 0 Å². The summed E-state index contributed by atoms with van der Waals surface area (Å²) in [6, 6.07) is 13.4. The Bertz CT molecular complexity index is 601. The van der Waals surface area contributed by atoms with E-state index in [1.54, 1.807) is 0 Å². The highest BCUT2D eigenvalue weighted by Crippen LogP contribution is 2.32. The Labute approximate surface area is 133 Å². The van der Waals surface area contributed by atoms with E-state index in [1.807, 2.05) is 56.3 Å². The molecule has 0 fully saturated rings. The molecule has 0 aliphatic rings. The Balaban J connectivity index is 2.36. The molecule has 2 N–H and O–H groups in total. The van der Waals surface area contributed by atoms with Crippen LogP contribution >= 0.6 is 27.5 Å². The summed E-state index contributed by atoms with van der Waals surface area (Å²) < 4.78 is 7.10. The van der Waals surface area contributed by atoms with Crippen LogP contribution in [0.4, 0.5) is 0 Å². The lowest BCUT2D eigenvalue weighted by molar-refractivity contribution is 0.178. The van der Waals surface area contributed by atoms with Gasteiger partial charge in [0.05, 0.1) is 0 Å². The van der Waals surface area contributed by atoms with Crippen molar-refractivity contribution in [1.29, 1.82) is 0 Å². The van der Waals surface area contributed by atoms with Crippen LogP contribution in [-0.2, 0) is 0 Å². The van der Waals surface area contributed by atoms with Crippen molar-refractivity contribution < 1.29 is 4.74 Å². The van der Waals surface area contributed by atoms with Gasteiger partial charge in [0.1, 0.15) is 11.9 Å². The predicted octanol–water partition coefficient (Wildman–Crippen LogP) is 4.88. The highest BCUT2D eigenvalue weighted by Gasteiger charge is 2.21. The standard InChI is InChI=1S/C16H17BrClNO/c1-10-7-8-12(18)9-15(10)20-16(11(2)19)13-5-3-4-6-14(13)17/h3-9,11,16H,19H2,1-2H3. The van der Waals surface area contributed by atoms with Crippen molar-refractivity contribution in [2.75, 3.05) is 0 Å². The number of aryl methyl sites for hydroxylation is 1. The summed E-state index contributed by atoms with van der Waals surface area (Å²) in [6.07, 6.45) is -0.234. The molecule has 0 heterocycles. The minimum Gasteiger partial charge on any atom is -0.484 e. The number of rotatable bonds is 4. The average Bonchev–Trinajstić information content (AvgIpc) is 2.40. The summed E-state index contributed by atoms with van der Waals surface area (Å²) in [5, 5.41) is 0.654. The second-order valence-corrected chi connectivity index (χ2v) is 6.12. The lowest BCUT2D eigenvalue weighted by atomic mass is 10.0. The lowest BCUT2D eigenvalue weighted by Crippen LogP contribution is -2.29. The molecule has 0 bridgehead atoms. The second kappa shape index (κ2) is 6.61. The largest absolute Gasteiger partial charge is 0.484 e. The molecule has 2 atom stereocenters. The molecule has 2 aromatic rings. The zero-order valence-electron chi connectivity index (χ0n) is 11.4. The summed E-state index contributed by atoms with van der Waals surface area (Å²) >= 11 is 9.59. The monoisotopic (exact) mass is 353 g/mol. The summed E-state index contributed by atoms with van der Waals surface area (Å²) in [5.74, 6) is 0.760. The molecule has 0 saturated heterocycles.